The summed E-state index contributed by atoms with van der Waals surface area (Å²) in [7, 11) is 0. The van der Waals surface area contributed by atoms with Crippen molar-refractivity contribution in [1.82, 2.24) is 34.7 Å². The molecule has 0 radical (unpaired) electrons. The number of benzene rings is 1. The minimum absolute atomic E-state index is 0.181. The molecule has 0 unspecified atom stereocenters. The summed E-state index contributed by atoms with van der Waals surface area (Å²) < 4.78 is 13.8. The van der Waals surface area contributed by atoms with Crippen molar-refractivity contribution in [3.05, 3.63) is 72.9 Å². The summed E-state index contributed by atoms with van der Waals surface area (Å²) in [5, 5.41) is 7.49. The molecular formula is C28H26N8O2. The van der Waals surface area contributed by atoms with Gasteiger partial charge in [0.25, 0.3) is 0 Å². The van der Waals surface area contributed by atoms with Gasteiger partial charge in [-0.3, -0.25) is 0 Å². The van der Waals surface area contributed by atoms with E-state index in [1.54, 1.807) is 17.2 Å². The molecule has 2 saturated carbocycles. The lowest BCUT2D eigenvalue weighted by Gasteiger charge is -2.25. The van der Waals surface area contributed by atoms with Crippen LogP contribution in [0.5, 0.6) is 11.8 Å². The number of hydrogen-bond donors (Lipinski definition) is 1. The largest absolute Gasteiger partial charge is 0.474 e. The molecule has 0 atom stereocenters. The molecule has 0 saturated heterocycles. The van der Waals surface area contributed by atoms with Gasteiger partial charge in [-0.15, -0.1) is 0 Å². The van der Waals surface area contributed by atoms with Gasteiger partial charge in [-0.1, -0.05) is 12.1 Å². The molecule has 5 aromatic rings. The standard InChI is InChI=1S/C28H26N8O2/c1-2-21(3-1)37-25-13-6-19(15-30-25)23-11-12-24-26(33-23)27(38-22-9-10-22)35-28(34-24)31-14-18-4-7-20(8-5-18)36-17-29-16-32-36/h4-8,11-13,15-17,21-22H,1-3,9-10,14H2,(H,31,34,35). The zero-order valence-electron chi connectivity index (χ0n) is 20.7. The van der Waals surface area contributed by atoms with E-state index >= 15 is 0 Å². The number of rotatable bonds is 9. The molecule has 0 amide bonds. The van der Waals surface area contributed by atoms with Crippen LogP contribution in [0.4, 0.5) is 5.95 Å². The Bertz CT molecular complexity index is 1550. The van der Waals surface area contributed by atoms with E-state index in [4.69, 9.17) is 19.4 Å². The molecule has 10 nitrogen and oxygen atoms in total. The Labute approximate surface area is 219 Å². The van der Waals surface area contributed by atoms with Gasteiger partial charge in [0, 0.05) is 24.4 Å². The number of pyridine rings is 2. The number of ether oxygens (including phenoxy) is 2. The second-order valence-corrected chi connectivity index (χ2v) is 9.65. The van der Waals surface area contributed by atoms with Crippen LogP contribution in [0.2, 0.25) is 0 Å². The summed E-state index contributed by atoms with van der Waals surface area (Å²) in [5.41, 5.74) is 5.10. The van der Waals surface area contributed by atoms with Gasteiger partial charge >= 0.3 is 0 Å². The van der Waals surface area contributed by atoms with Crippen LogP contribution in [0.1, 0.15) is 37.7 Å². The highest BCUT2D eigenvalue weighted by molar-refractivity contribution is 5.83. The molecule has 1 aromatic carbocycles. The number of fused-ring (bicyclic) bond motifs is 1. The fraction of sp³-hybridized carbons (Fsp3) is 0.286. The molecule has 2 fully saturated rings. The van der Waals surface area contributed by atoms with E-state index < -0.39 is 0 Å². The Morgan fingerprint density at radius 3 is 2.45 bits per heavy atom. The molecule has 2 aliphatic rings. The summed E-state index contributed by atoms with van der Waals surface area (Å²) in [6.07, 6.45) is 11.0. The first-order chi connectivity index (χ1) is 18.8. The molecule has 4 aromatic heterocycles. The Morgan fingerprint density at radius 2 is 1.74 bits per heavy atom. The summed E-state index contributed by atoms with van der Waals surface area (Å²) in [6.45, 7) is 0.568. The van der Waals surface area contributed by atoms with Crippen LogP contribution in [0, 0.1) is 0 Å². The second kappa shape index (κ2) is 9.70. The molecule has 2 aliphatic carbocycles. The minimum Gasteiger partial charge on any atom is -0.474 e. The summed E-state index contributed by atoms with van der Waals surface area (Å²) in [5.74, 6) is 1.66. The lowest BCUT2D eigenvalue weighted by atomic mass is 9.96. The molecule has 190 valence electrons. The van der Waals surface area contributed by atoms with Gasteiger partial charge in [-0.25, -0.2) is 24.6 Å². The lowest BCUT2D eigenvalue weighted by Crippen LogP contribution is -2.24. The average Bonchev–Trinajstić information content (AvgIpc) is 3.58. The van der Waals surface area contributed by atoms with Crippen molar-refractivity contribution in [1.29, 1.82) is 0 Å². The molecule has 7 rings (SSSR count). The molecule has 1 N–H and O–H groups in total. The van der Waals surface area contributed by atoms with Gasteiger partial charge < -0.3 is 14.8 Å². The van der Waals surface area contributed by atoms with Crippen LogP contribution in [-0.2, 0) is 6.54 Å². The second-order valence-electron chi connectivity index (χ2n) is 9.65. The van der Waals surface area contributed by atoms with Gasteiger partial charge in [0.2, 0.25) is 17.7 Å². The van der Waals surface area contributed by atoms with Crippen LogP contribution >= 0.6 is 0 Å². The van der Waals surface area contributed by atoms with Crippen LogP contribution < -0.4 is 14.8 Å². The predicted molar refractivity (Wildman–Crippen MR) is 141 cm³/mol. The Balaban J connectivity index is 1.11. The third-order valence-electron chi connectivity index (χ3n) is 6.75. The van der Waals surface area contributed by atoms with Gasteiger partial charge in [0.05, 0.1) is 16.9 Å². The van der Waals surface area contributed by atoms with Gasteiger partial charge in [-0.05, 0) is 68.0 Å². The maximum absolute atomic E-state index is 6.16. The van der Waals surface area contributed by atoms with Crippen LogP contribution in [0.3, 0.4) is 0 Å². The highest BCUT2D eigenvalue weighted by Crippen LogP contribution is 2.32. The quantitative estimate of drug-likeness (QED) is 0.302. The molecule has 0 bridgehead atoms. The van der Waals surface area contributed by atoms with Crippen molar-refractivity contribution in [3.8, 4) is 28.7 Å². The predicted octanol–water partition coefficient (Wildman–Crippen LogP) is 4.75. The van der Waals surface area contributed by atoms with E-state index in [9.17, 15) is 0 Å². The monoisotopic (exact) mass is 506 g/mol. The Kier molecular flexibility index (Phi) is 5.76. The van der Waals surface area contributed by atoms with Crippen LogP contribution in [0.15, 0.2) is 67.4 Å². The average molecular weight is 507 g/mol. The topological polar surface area (TPSA) is 113 Å². The van der Waals surface area contributed by atoms with E-state index in [-0.39, 0.29) is 6.10 Å². The SMILES string of the molecule is c1ncn(-c2ccc(CNc3nc(OC4CC4)c4nc(-c5ccc(OC6CCC6)nc5)ccc4n3)cc2)n1. The van der Waals surface area contributed by atoms with Gasteiger partial charge in [-0.2, -0.15) is 10.1 Å². The summed E-state index contributed by atoms with van der Waals surface area (Å²) in [4.78, 5) is 22.7. The number of nitrogens with zero attached hydrogens (tertiary/aromatic N) is 7. The van der Waals surface area contributed by atoms with Crippen molar-refractivity contribution in [3.63, 3.8) is 0 Å². The van der Waals surface area contributed by atoms with E-state index in [1.165, 1.54) is 12.7 Å². The third kappa shape index (κ3) is 4.84. The van der Waals surface area contributed by atoms with Crippen molar-refractivity contribution in [2.45, 2.75) is 50.9 Å². The third-order valence-corrected chi connectivity index (χ3v) is 6.75. The molecule has 0 spiro atoms. The summed E-state index contributed by atoms with van der Waals surface area (Å²) >= 11 is 0. The van der Waals surface area contributed by atoms with E-state index in [1.807, 2.05) is 48.5 Å². The number of aromatic nitrogens is 7. The van der Waals surface area contributed by atoms with Crippen molar-refractivity contribution < 1.29 is 9.47 Å². The molecule has 10 heteroatoms. The van der Waals surface area contributed by atoms with Crippen molar-refractivity contribution >= 4 is 17.0 Å². The summed E-state index contributed by atoms with van der Waals surface area (Å²) in [6, 6.07) is 15.9. The maximum atomic E-state index is 6.16. The number of nitrogens with one attached hydrogen (secondary N) is 1. The zero-order chi connectivity index (χ0) is 25.3. The molecular weight excluding hydrogens is 480 g/mol. The van der Waals surface area contributed by atoms with Crippen LogP contribution in [-0.4, -0.2) is 46.9 Å². The van der Waals surface area contributed by atoms with E-state index in [0.717, 1.165) is 53.7 Å². The maximum Gasteiger partial charge on any atom is 0.245 e. The first-order valence-electron chi connectivity index (χ1n) is 12.9. The smallest absolute Gasteiger partial charge is 0.245 e. The first kappa shape index (κ1) is 22.6. The number of hydrogen-bond acceptors (Lipinski definition) is 9. The highest BCUT2D eigenvalue weighted by atomic mass is 16.5. The van der Waals surface area contributed by atoms with Gasteiger partial charge in [0.15, 0.2) is 5.52 Å². The Morgan fingerprint density at radius 1 is 0.868 bits per heavy atom. The lowest BCUT2D eigenvalue weighted by molar-refractivity contribution is 0.114. The molecule has 38 heavy (non-hydrogen) atoms. The van der Waals surface area contributed by atoms with E-state index in [2.05, 4.69) is 25.4 Å². The normalized spacial score (nSPS) is 15.3. The van der Waals surface area contributed by atoms with E-state index in [0.29, 0.717) is 35.9 Å². The fourth-order valence-electron chi connectivity index (χ4n) is 4.20. The molecule has 4 heterocycles. The fourth-order valence-corrected chi connectivity index (χ4v) is 4.20. The first-order valence-corrected chi connectivity index (χ1v) is 12.9. The van der Waals surface area contributed by atoms with Crippen molar-refractivity contribution in [2.75, 3.05) is 5.32 Å². The minimum atomic E-state index is 0.181. The zero-order valence-corrected chi connectivity index (χ0v) is 20.7. The van der Waals surface area contributed by atoms with Crippen LogP contribution in [0.25, 0.3) is 28.0 Å². The van der Waals surface area contributed by atoms with Crippen molar-refractivity contribution in [2.24, 2.45) is 0 Å². The van der Waals surface area contributed by atoms with Gasteiger partial charge in [0.1, 0.15) is 24.9 Å². The number of anilines is 1. The molecule has 0 aliphatic heterocycles. The Hall–Kier alpha value is -4.60. The highest BCUT2D eigenvalue weighted by Gasteiger charge is 2.26.